The highest BCUT2D eigenvalue weighted by Crippen LogP contribution is 2.21. The van der Waals surface area contributed by atoms with Crippen molar-refractivity contribution in [1.82, 2.24) is 0 Å². The first-order valence-electron chi connectivity index (χ1n) is 10.9. The van der Waals surface area contributed by atoms with Gasteiger partial charge >= 0.3 is 5.97 Å². The van der Waals surface area contributed by atoms with Crippen LogP contribution in [0, 0.1) is 0 Å². The Morgan fingerprint density at radius 2 is 1.97 bits per heavy atom. The lowest BCUT2D eigenvalue weighted by molar-refractivity contribution is -0.140. The Balaban J connectivity index is 1.76. The molecule has 0 saturated carbocycles. The van der Waals surface area contributed by atoms with Gasteiger partial charge in [-0.25, -0.2) is 0 Å². The number of esters is 1. The fraction of sp³-hybridized carbons (Fsp3) is 0.440. The minimum absolute atomic E-state index is 0.154. The van der Waals surface area contributed by atoms with Crippen LogP contribution in [-0.2, 0) is 9.53 Å². The average molecular weight is 459 g/mol. The number of carbonyl (C=O) groups is 1. The van der Waals surface area contributed by atoms with Crippen molar-refractivity contribution in [3.05, 3.63) is 60.2 Å². The van der Waals surface area contributed by atoms with Gasteiger partial charge in [0.15, 0.2) is 0 Å². The van der Waals surface area contributed by atoms with Gasteiger partial charge in [0.2, 0.25) is 0 Å². The van der Waals surface area contributed by atoms with E-state index in [4.69, 9.17) is 4.74 Å². The smallest absolute Gasteiger partial charge is 0.316 e. The van der Waals surface area contributed by atoms with Crippen LogP contribution in [0.15, 0.2) is 59.6 Å². The average Bonchev–Trinajstić information content (AvgIpc) is 3.32. The molecule has 0 atom stereocenters. The lowest BCUT2D eigenvalue weighted by atomic mass is 10.1. The van der Waals surface area contributed by atoms with Gasteiger partial charge in [-0.1, -0.05) is 65.5 Å². The molecule has 1 heterocycles. The zero-order valence-electron chi connectivity index (χ0n) is 18.7. The van der Waals surface area contributed by atoms with Crippen molar-refractivity contribution in [2.24, 2.45) is 4.99 Å². The van der Waals surface area contributed by atoms with Crippen molar-refractivity contribution in [1.29, 1.82) is 0 Å². The third-order valence-corrected chi connectivity index (χ3v) is 7.07. The van der Waals surface area contributed by atoms with Gasteiger partial charge in [0, 0.05) is 43.2 Å². The lowest BCUT2D eigenvalue weighted by Crippen LogP contribution is -2.17. The zero-order chi connectivity index (χ0) is 22.3. The van der Waals surface area contributed by atoms with Gasteiger partial charge in [-0.3, -0.25) is 9.79 Å². The largest absolute Gasteiger partial charge is 0.465 e. The first-order valence-corrected chi connectivity index (χ1v) is 13.4. The number of carbonyl (C=O) groups excluding carboxylic acids is 1. The van der Waals surface area contributed by atoms with Crippen molar-refractivity contribution < 1.29 is 9.53 Å². The van der Waals surface area contributed by atoms with Crippen molar-refractivity contribution in [2.45, 2.75) is 33.1 Å². The van der Waals surface area contributed by atoms with Gasteiger partial charge in [-0.2, -0.15) is 0 Å². The summed E-state index contributed by atoms with van der Waals surface area (Å²) >= 11 is 0. The number of rotatable bonds is 13. The Hall–Kier alpha value is -1.92. The minimum atomic E-state index is -0.154. The van der Waals surface area contributed by atoms with Gasteiger partial charge in [-0.15, -0.1) is 0 Å². The van der Waals surface area contributed by atoms with Crippen LogP contribution in [0.25, 0.3) is 6.08 Å². The Labute approximate surface area is 195 Å². The van der Waals surface area contributed by atoms with E-state index in [-0.39, 0.29) is 5.97 Å². The molecule has 1 saturated heterocycles. The SMILES string of the molecule is C=CC(/C=C/c1ccc(N2CCCC2)cc1)=C\C(C)=NCCCOC(=O)CSSCC. The van der Waals surface area contributed by atoms with Gasteiger partial charge < -0.3 is 9.64 Å². The van der Waals surface area contributed by atoms with Crippen LogP contribution in [-0.4, -0.2) is 49.4 Å². The van der Waals surface area contributed by atoms with Crippen molar-refractivity contribution in [3.8, 4) is 0 Å². The van der Waals surface area contributed by atoms with E-state index in [0.29, 0.717) is 18.9 Å². The number of benzene rings is 1. The van der Waals surface area contributed by atoms with E-state index in [9.17, 15) is 4.79 Å². The molecule has 0 unspecified atom stereocenters. The van der Waals surface area contributed by atoms with Gasteiger partial charge in [0.1, 0.15) is 5.75 Å². The molecule has 0 radical (unpaired) electrons. The molecule has 0 amide bonds. The maximum absolute atomic E-state index is 11.6. The van der Waals surface area contributed by atoms with Crippen molar-refractivity contribution in [3.63, 3.8) is 0 Å². The quantitative estimate of drug-likeness (QED) is 0.116. The molecule has 6 heteroatoms. The molecule has 2 rings (SSSR count). The van der Waals surface area contributed by atoms with E-state index < -0.39 is 0 Å². The number of hydrogen-bond donors (Lipinski definition) is 0. The Morgan fingerprint density at radius 1 is 1.23 bits per heavy atom. The number of anilines is 1. The summed E-state index contributed by atoms with van der Waals surface area (Å²) in [4.78, 5) is 18.5. The summed E-state index contributed by atoms with van der Waals surface area (Å²) in [5.41, 5.74) is 4.43. The highest BCUT2D eigenvalue weighted by molar-refractivity contribution is 8.76. The first kappa shape index (κ1) is 25.3. The second-order valence-electron chi connectivity index (χ2n) is 7.23. The number of aliphatic imine (C=N–C) groups is 1. The molecule has 1 aromatic carbocycles. The van der Waals surface area contributed by atoms with E-state index in [1.54, 1.807) is 10.8 Å². The normalized spacial score (nSPS) is 15.0. The van der Waals surface area contributed by atoms with Crippen LogP contribution < -0.4 is 4.90 Å². The fourth-order valence-corrected chi connectivity index (χ4v) is 4.61. The van der Waals surface area contributed by atoms with Crippen LogP contribution in [0.4, 0.5) is 5.69 Å². The number of ether oxygens (including phenoxy) is 1. The van der Waals surface area contributed by atoms with Crippen LogP contribution in [0.5, 0.6) is 0 Å². The molecule has 0 aliphatic carbocycles. The maximum Gasteiger partial charge on any atom is 0.316 e. The Morgan fingerprint density at radius 3 is 2.65 bits per heavy atom. The van der Waals surface area contributed by atoms with Gasteiger partial charge in [0.25, 0.3) is 0 Å². The molecule has 168 valence electrons. The number of nitrogens with zero attached hydrogens (tertiary/aromatic N) is 2. The van der Waals surface area contributed by atoms with Gasteiger partial charge in [-0.05, 0) is 49.1 Å². The molecule has 0 spiro atoms. The topological polar surface area (TPSA) is 41.9 Å². The predicted octanol–water partition coefficient (Wildman–Crippen LogP) is 6.21. The Kier molecular flexibility index (Phi) is 12.2. The minimum Gasteiger partial charge on any atom is -0.465 e. The second-order valence-corrected chi connectivity index (χ2v) is 9.98. The maximum atomic E-state index is 11.6. The summed E-state index contributed by atoms with van der Waals surface area (Å²) in [7, 11) is 3.21. The van der Waals surface area contributed by atoms with E-state index in [1.807, 2.05) is 19.1 Å². The predicted molar refractivity (Wildman–Crippen MR) is 139 cm³/mol. The molecule has 4 nitrogen and oxygen atoms in total. The highest BCUT2D eigenvalue weighted by Gasteiger charge is 2.11. The molecular weight excluding hydrogens is 424 g/mol. The molecule has 0 N–H and O–H groups in total. The van der Waals surface area contributed by atoms with E-state index in [0.717, 1.165) is 36.5 Å². The van der Waals surface area contributed by atoms with Crippen LogP contribution in [0.1, 0.15) is 38.7 Å². The molecular formula is C25H34N2O2S2. The van der Waals surface area contributed by atoms with Crippen LogP contribution in [0.2, 0.25) is 0 Å². The summed E-state index contributed by atoms with van der Waals surface area (Å²) in [6, 6.07) is 8.71. The molecule has 0 bridgehead atoms. The van der Waals surface area contributed by atoms with Crippen LogP contribution >= 0.6 is 21.6 Å². The highest BCUT2D eigenvalue weighted by atomic mass is 33.1. The molecule has 0 aromatic heterocycles. The summed E-state index contributed by atoms with van der Waals surface area (Å²) in [5.74, 6) is 1.24. The lowest BCUT2D eigenvalue weighted by Gasteiger charge is -2.17. The van der Waals surface area contributed by atoms with Gasteiger partial charge in [0.05, 0.1) is 6.61 Å². The van der Waals surface area contributed by atoms with E-state index in [2.05, 4.69) is 59.8 Å². The van der Waals surface area contributed by atoms with E-state index in [1.165, 1.54) is 34.9 Å². The Bertz CT molecular complexity index is 779. The fourth-order valence-electron chi connectivity index (χ4n) is 3.15. The summed E-state index contributed by atoms with van der Waals surface area (Å²) < 4.78 is 5.21. The van der Waals surface area contributed by atoms with Crippen molar-refractivity contribution in [2.75, 3.05) is 42.6 Å². The first-order chi connectivity index (χ1) is 15.1. The number of allylic oxidation sites excluding steroid dienone is 4. The summed E-state index contributed by atoms with van der Waals surface area (Å²) in [6.07, 6.45) is 11.3. The molecule has 1 fully saturated rings. The molecule has 1 aromatic rings. The van der Waals surface area contributed by atoms with E-state index >= 15 is 0 Å². The monoisotopic (exact) mass is 458 g/mol. The second kappa shape index (κ2) is 15.0. The molecule has 1 aliphatic rings. The zero-order valence-corrected chi connectivity index (χ0v) is 20.4. The molecule has 1 aliphatic heterocycles. The molecule has 31 heavy (non-hydrogen) atoms. The third-order valence-electron chi connectivity index (χ3n) is 4.75. The van der Waals surface area contributed by atoms with Crippen LogP contribution in [0.3, 0.4) is 0 Å². The number of hydrogen-bond acceptors (Lipinski definition) is 6. The third kappa shape index (κ3) is 10.3. The summed E-state index contributed by atoms with van der Waals surface area (Å²) in [5, 5.41) is 0. The standard InChI is InChI=1S/C25H34N2O2S2/c1-4-22(9-10-23-11-13-24(14-12-23)27-16-6-7-17-27)19-21(3)26-15-8-18-29-25(28)20-31-30-5-2/h4,9-14,19H,1,5-8,15-18,20H2,2-3H3/b10-9+,22-19+,26-21?. The summed E-state index contributed by atoms with van der Waals surface area (Å²) in [6.45, 7) is 11.3. The van der Waals surface area contributed by atoms with Crippen molar-refractivity contribution >= 4 is 45.0 Å².